The predicted octanol–water partition coefficient (Wildman–Crippen LogP) is 4.62. The van der Waals surface area contributed by atoms with Crippen molar-refractivity contribution in [2.24, 2.45) is 0 Å². The summed E-state index contributed by atoms with van der Waals surface area (Å²) in [5.41, 5.74) is 3.05. The molecular weight excluding hydrogens is 534 g/mol. The van der Waals surface area contributed by atoms with Gasteiger partial charge in [-0.05, 0) is 72.8 Å². The molecule has 0 aliphatic carbocycles. The molecule has 39 heavy (non-hydrogen) atoms. The van der Waals surface area contributed by atoms with E-state index in [0.29, 0.717) is 28.0 Å². The summed E-state index contributed by atoms with van der Waals surface area (Å²) in [6.07, 6.45) is 1.72. The van der Waals surface area contributed by atoms with Gasteiger partial charge in [-0.15, -0.1) is 11.3 Å². The topological polar surface area (TPSA) is 132 Å². The van der Waals surface area contributed by atoms with Gasteiger partial charge in [0.05, 0.1) is 21.9 Å². The number of rotatable bonds is 10. The second-order valence-corrected chi connectivity index (χ2v) is 12.0. The van der Waals surface area contributed by atoms with E-state index in [4.69, 9.17) is 0 Å². The molecule has 10 nitrogen and oxygen atoms in total. The Kier molecular flexibility index (Phi) is 8.69. The van der Waals surface area contributed by atoms with Crippen LogP contribution >= 0.6 is 11.3 Å². The van der Waals surface area contributed by atoms with Crippen molar-refractivity contribution in [1.29, 1.82) is 0 Å². The van der Waals surface area contributed by atoms with Crippen LogP contribution in [-0.4, -0.2) is 57.9 Å². The third kappa shape index (κ3) is 7.25. The number of urea groups is 1. The van der Waals surface area contributed by atoms with Crippen LogP contribution in [0, 0.1) is 0 Å². The molecule has 0 aliphatic heterocycles. The van der Waals surface area contributed by atoms with Gasteiger partial charge in [0.2, 0.25) is 5.95 Å². The lowest BCUT2D eigenvalue weighted by Gasteiger charge is -2.16. The fourth-order valence-electron chi connectivity index (χ4n) is 3.54. The Labute approximate surface area is 232 Å². The van der Waals surface area contributed by atoms with Crippen LogP contribution in [0.25, 0.3) is 10.4 Å². The largest absolute Gasteiger partial charge is 0.394 e. The standard InChI is InChI=1S/C27H31N7O3S2/c1-18(17-35)29-25-23(24-6-5-15-38-24)16-28-26(32-25)30-19-9-13-22(14-10-19)39(4,37)33-27(36)31-20-7-11-21(12-8-20)34(2)3/h5-16,18,35H,4,17H2,1-3H3,(H2,28,29,30,32)(H2,31,33,36,37)/t18-,39?/m1/s1. The number of hydrogen-bond acceptors (Lipinski definition) is 9. The van der Waals surface area contributed by atoms with E-state index in [-0.39, 0.29) is 12.6 Å². The molecule has 0 fully saturated rings. The highest BCUT2D eigenvalue weighted by Gasteiger charge is 2.15. The Morgan fingerprint density at radius 2 is 1.79 bits per heavy atom. The van der Waals surface area contributed by atoms with Crippen molar-refractivity contribution < 1.29 is 14.1 Å². The molecule has 204 valence electrons. The minimum absolute atomic E-state index is 0.0444. The summed E-state index contributed by atoms with van der Waals surface area (Å²) in [5.74, 6) is 4.68. The second-order valence-electron chi connectivity index (χ2n) is 8.98. The molecule has 0 aliphatic rings. The van der Waals surface area contributed by atoms with E-state index >= 15 is 0 Å². The van der Waals surface area contributed by atoms with Gasteiger partial charge in [-0.25, -0.2) is 14.0 Å². The van der Waals surface area contributed by atoms with Crippen LogP contribution in [0.3, 0.4) is 0 Å². The molecule has 0 spiro atoms. The van der Waals surface area contributed by atoms with Crippen LogP contribution in [0.15, 0.2) is 77.1 Å². The zero-order chi connectivity index (χ0) is 28.0. The van der Waals surface area contributed by atoms with Gasteiger partial charge >= 0.3 is 6.03 Å². The molecule has 0 bridgehead atoms. The summed E-state index contributed by atoms with van der Waals surface area (Å²) in [4.78, 5) is 24.8. The molecule has 0 saturated carbocycles. The lowest BCUT2D eigenvalue weighted by molar-refractivity contribution is 0.257. The Balaban J connectivity index is 1.43. The van der Waals surface area contributed by atoms with E-state index in [0.717, 1.165) is 16.1 Å². The van der Waals surface area contributed by atoms with Crippen molar-refractivity contribution in [3.05, 3.63) is 72.2 Å². The van der Waals surface area contributed by atoms with Gasteiger partial charge in [-0.3, -0.25) is 4.72 Å². The number of aliphatic hydroxyl groups is 1. The average molecular weight is 566 g/mol. The van der Waals surface area contributed by atoms with E-state index in [2.05, 4.69) is 36.5 Å². The number of benzene rings is 2. The van der Waals surface area contributed by atoms with Gasteiger partial charge in [0.25, 0.3) is 0 Å². The van der Waals surface area contributed by atoms with E-state index in [1.165, 1.54) is 0 Å². The summed E-state index contributed by atoms with van der Waals surface area (Å²) in [5, 5.41) is 20.5. The van der Waals surface area contributed by atoms with Crippen LogP contribution in [-0.2, 0) is 9.71 Å². The molecule has 12 heteroatoms. The summed E-state index contributed by atoms with van der Waals surface area (Å²) in [7, 11) is 0.749. The minimum Gasteiger partial charge on any atom is -0.394 e. The van der Waals surface area contributed by atoms with Crippen molar-refractivity contribution >= 4 is 61.8 Å². The molecule has 1 unspecified atom stereocenters. The number of anilines is 5. The molecule has 5 N–H and O–H groups in total. The second kappa shape index (κ2) is 12.2. The molecule has 2 heterocycles. The highest BCUT2D eigenvalue weighted by atomic mass is 32.2. The quantitative estimate of drug-likeness (QED) is 0.176. The SMILES string of the molecule is C=S(=O)(NC(=O)Nc1ccc(N(C)C)cc1)c1ccc(Nc2ncc(-c3cccs3)c(N[C@H](C)CO)n2)cc1. The number of carbonyl (C=O) groups excluding carboxylic acids is 1. The number of nitrogens with zero attached hydrogens (tertiary/aromatic N) is 3. The smallest absolute Gasteiger partial charge is 0.330 e. The third-order valence-electron chi connectivity index (χ3n) is 5.62. The summed E-state index contributed by atoms with van der Waals surface area (Å²) in [6.45, 7) is 1.81. The summed E-state index contributed by atoms with van der Waals surface area (Å²) in [6, 6.07) is 17.0. The average Bonchev–Trinajstić information content (AvgIpc) is 3.44. The summed E-state index contributed by atoms with van der Waals surface area (Å²) >= 11 is 1.57. The fraction of sp³-hybridized carbons (Fsp3) is 0.185. The van der Waals surface area contributed by atoms with Crippen molar-refractivity contribution in [2.45, 2.75) is 17.9 Å². The van der Waals surface area contributed by atoms with Crippen molar-refractivity contribution in [3.63, 3.8) is 0 Å². The van der Waals surface area contributed by atoms with Crippen molar-refractivity contribution in [2.75, 3.05) is 41.6 Å². The lowest BCUT2D eigenvalue weighted by Crippen LogP contribution is -2.34. The van der Waals surface area contributed by atoms with Crippen LogP contribution in [0.5, 0.6) is 0 Å². The summed E-state index contributed by atoms with van der Waals surface area (Å²) < 4.78 is 15.6. The Hall–Kier alpha value is -4.13. The lowest BCUT2D eigenvalue weighted by atomic mass is 10.2. The number of carbonyl (C=O) groups is 1. The molecule has 4 rings (SSSR count). The minimum atomic E-state index is -3.11. The van der Waals surface area contributed by atoms with Crippen LogP contribution in [0.2, 0.25) is 0 Å². The number of thiophene rings is 1. The van der Waals surface area contributed by atoms with Crippen LogP contribution in [0.4, 0.5) is 33.6 Å². The maximum absolute atomic E-state index is 13.2. The first-order valence-corrected chi connectivity index (χ1v) is 14.6. The predicted molar refractivity (Wildman–Crippen MR) is 162 cm³/mol. The highest BCUT2D eigenvalue weighted by Crippen LogP contribution is 2.31. The third-order valence-corrected chi connectivity index (χ3v) is 8.07. The molecule has 0 radical (unpaired) electrons. The van der Waals surface area contributed by atoms with Crippen molar-refractivity contribution in [1.82, 2.24) is 14.7 Å². The monoisotopic (exact) mass is 565 g/mol. The molecule has 2 aromatic heterocycles. The number of aromatic nitrogens is 2. The van der Waals surface area contributed by atoms with Gasteiger partial charge < -0.3 is 26.0 Å². The van der Waals surface area contributed by atoms with Gasteiger partial charge in [-0.1, -0.05) is 6.07 Å². The molecule has 2 aromatic carbocycles. The Morgan fingerprint density at radius 3 is 2.41 bits per heavy atom. The molecule has 4 aromatic rings. The maximum atomic E-state index is 13.2. The van der Waals surface area contributed by atoms with Crippen molar-refractivity contribution in [3.8, 4) is 10.4 Å². The fourth-order valence-corrected chi connectivity index (χ4v) is 5.32. The van der Waals surface area contributed by atoms with E-state index in [1.54, 1.807) is 53.9 Å². The molecule has 2 atom stereocenters. The number of nitrogens with one attached hydrogen (secondary N) is 4. The molecular formula is C27H31N7O3S2. The first kappa shape index (κ1) is 27.9. The molecule has 0 saturated heterocycles. The highest BCUT2D eigenvalue weighted by molar-refractivity contribution is 7.99. The number of aliphatic hydroxyl groups excluding tert-OH is 1. The zero-order valence-electron chi connectivity index (χ0n) is 21.8. The maximum Gasteiger partial charge on any atom is 0.330 e. The van der Waals surface area contributed by atoms with E-state index < -0.39 is 15.7 Å². The Morgan fingerprint density at radius 1 is 1.10 bits per heavy atom. The van der Waals surface area contributed by atoms with Crippen LogP contribution in [0.1, 0.15) is 6.92 Å². The van der Waals surface area contributed by atoms with Gasteiger partial charge in [0.1, 0.15) is 5.82 Å². The zero-order valence-corrected chi connectivity index (χ0v) is 23.5. The number of amides is 2. The van der Waals surface area contributed by atoms with E-state index in [1.807, 2.05) is 55.6 Å². The number of hydrogen-bond donors (Lipinski definition) is 5. The normalized spacial score (nSPS) is 13.1. The first-order valence-electron chi connectivity index (χ1n) is 12.0. The van der Waals surface area contributed by atoms with Gasteiger partial charge in [0, 0.05) is 53.2 Å². The van der Waals surface area contributed by atoms with Gasteiger partial charge in [0.15, 0.2) is 0 Å². The van der Waals surface area contributed by atoms with E-state index in [9.17, 15) is 14.1 Å². The molecule has 2 amide bonds. The Bertz CT molecular complexity index is 1510. The van der Waals surface area contributed by atoms with Crippen LogP contribution < -0.4 is 25.6 Å². The van der Waals surface area contributed by atoms with Gasteiger partial charge in [-0.2, -0.15) is 4.98 Å². The first-order chi connectivity index (χ1) is 18.6.